The van der Waals surface area contributed by atoms with Gasteiger partial charge in [0.2, 0.25) is 0 Å². The first-order chi connectivity index (χ1) is 6.91. The highest BCUT2D eigenvalue weighted by molar-refractivity contribution is 4.97. The Morgan fingerprint density at radius 2 is 2.13 bits per heavy atom. The molecule has 0 spiro atoms. The van der Waals surface area contributed by atoms with Crippen molar-refractivity contribution in [2.24, 2.45) is 0 Å². The molecule has 15 heavy (non-hydrogen) atoms. The van der Waals surface area contributed by atoms with Crippen LogP contribution in [0.25, 0.3) is 0 Å². The van der Waals surface area contributed by atoms with Gasteiger partial charge in [0, 0.05) is 5.10 Å². The highest BCUT2D eigenvalue weighted by atomic mass is 16.7. The highest BCUT2D eigenvalue weighted by Gasteiger charge is 2.19. The van der Waals surface area contributed by atoms with Crippen LogP contribution in [0, 0.1) is 20.2 Å². The summed E-state index contributed by atoms with van der Waals surface area (Å²) in [4.78, 5) is 32.3. The van der Waals surface area contributed by atoms with E-state index in [4.69, 9.17) is 0 Å². The van der Waals surface area contributed by atoms with Crippen molar-refractivity contribution >= 4 is 5.95 Å². The molecule has 0 atom stereocenters. The van der Waals surface area contributed by atoms with E-state index in [9.17, 15) is 25.0 Å². The maximum Gasteiger partial charge on any atom is 0.457 e. The fourth-order valence-electron chi connectivity index (χ4n) is 0.768. The van der Waals surface area contributed by atoms with Crippen LogP contribution >= 0.6 is 0 Å². The number of H-pyrrole nitrogens is 1. The molecule has 0 aliphatic rings. The van der Waals surface area contributed by atoms with Crippen LogP contribution in [0.3, 0.4) is 0 Å². The summed E-state index contributed by atoms with van der Waals surface area (Å²) in [6, 6.07) is 0. The zero-order chi connectivity index (χ0) is 11.6. The molecule has 0 unspecified atom stereocenters. The van der Waals surface area contributed by atoms with Gasteiger partial charge in [-0.25, -0.2) is 14.9 Å². The summed E-state index contributed by atoms with van der Waals surface area (Å²) in [7, 11) is 1.10. The second-order valence-corrected chi connectivity index (χ2v) is 2.55. The van der Waals surface area contributed by atoms with Crippen molar-refractivity contribution in [2.45, 2.75) is 6.67 Å². The minimum absolute atomic E-state index is 0.476. The minimum Gasteiger partial charge on any atom is -0.390 e. The first-order valence-corrected chi connectivity index (χ1v) is 3.58. The van der Waals surface area contributed by atoms with Crippen molar-refractivity contribution < 1.29 is 9.96 Å². The van der Waals surface area contributed by atoms with Gasteiger partial charge < -0.3 is 10.1 Å². The number of nitrogens with one attached hydrogen (secondary N) is 1. The van der Waals surface area contributed by atoms with Gasteiger partial charge in [0.05, 0.1) is 7.05 Å². The quantitative estimate of drug-likeness (QED) is 0.481. The second-order valence-electron chi connectivity index (χ2n) is 2.55. The summed E-state index contributed by atoms with van der Waals surface area (Å²) >= 11 is 0. The van der Waals surface area contributed by atoms with Gasteiger partial charge in [-0.3, -0.25) is 0 Å². The molecule has 0 bridgehead atoms. The molecule has 1 aromatic heterocycles. The molecule has 0 aliphatic heterocycles. The third-order valence-electron chi connectivity index (χ3n) is 1.46. The van der Waals surface area contributed by atoms with Crippen molar-refractivity contribution in [1.82, 2.24) is 19.8 Å². The van der Waals surface area contributed by atoms with E-state index in [2.05, 4.69) is 5.10 Å². The number of hydrogen-bond donors (Lipinski definition) is 1. The topological polar surface area (TPSA) is 140 Å². The maximum atomic E-state index is 11.0. The van der Waals surface area contributed by atoms with Crippen molar-refractivity contribution in [3.05, 3.63) is 30.7 Å². The molecule has 1 N–H and O–H groups in total. The van der Waals surface area contributed by atoms with Crippen molar-refractivity contribution in [1.29, 1.82) is 0 Å². The molecule has 0 radical (unpaired) electrons. The second kappa shape index (κ2) is 3.73. The predicted molar refractivity (Wildman–Crippen MR) is 44.3 cm³/mol. The summed E-state index contributed by atoms with van der Waals surface area (Å²) in [5, 5.41) is 23.4. The van der Waals surface area contributed by atoms with Crippen LogP contribution in [0.15, 0.2) is 4.79 Å². The van der Waals surface area contributed by atoms with Crippen LogP contribution in [0.5, 0.6) is 0 Å². The van der Waals surface area contributed by atoms with Gasteiger partial charge in [0.25, 0.3) is 0 Å². The normalized spacial score (nSPS) is 9.93. The number of aromatic amines is 1. The fraction of sp³-hybridized carbons (Fsp3) is 0.500. The predicted octanol–water partition coefficient (Wildman–Crippen LogP) is -1.44. The molecule has 0 amide bonds. The summed E-state index contributed by atoms with van der Waals surface area (Å²) in [6.45, 7) is -0.476. The van der Waals surface area contributed by atoms with E-state index < -0.39 is 28.3 Å². The zero-order valence-electron chi connectivity index (χ0n) is 7.48. The Bertz CT molecular complexity index is 447. The van der Waals surface area contributed by atoms with Crippen LogP contribution < -0.4 is 5.69 Å². The fourth-order valence-corrected chi connectivity index (χ4v) is 0.768. The molecule has 1 aromatic rings. The van der Waals surface area contributed by atoms with Crippen LogP contribution in [-0.4, -0.2) is 36.8 Å². The van der Waals surface area contributed by atoms with Crippen LogP contribution in [-0.2, 0) is 6.67 Å². The van der Waals surface area contributed by atoms with Gasteiger partial charge in [0.1, 0.15) is 0 Å². The molecule has 0 fully saturated rings. The van der Waals surface area contributed by atoms with Crippen molar-refractivity contribution in [3.8, 4) is 0 Å². The maximum absolute atomic E-state index is 11.0. The van der Waals surface area contributed by atoms with E-state index in [0.717, 1.165) is 7.05 Å². The molecule has 82 valence electrons. The lowest BCUT2D eigenvalue weighted by Gasteiger charge is -2.03. The van der Waals surface area contributed by atoms with Crippen molar-refractivity contribution in [3.63, 3.8) is 0 Å². The monoisotopic (exact) mass is 218 g/mol. The molecule has 1 rings (SSSR count). The number of aromatic nitrogens is 3. The molecular formula is C4H6N6O5. The molecule has 0 aliphatic carbocycles. The first kappa shape index (κ1) is 10.6. The molecule has 0 aromatic carbocycles. The van der Waals surface area contributed by atoms with Gasteiger partial charge in [-0.15, -0.1) is 9.69 Å². The SMILES string of the molecule is CN(Cn1nc([N+](=O)[O-])[nH]c1=O)[N+](=O)[O-]. The molecule has 11 nitrogen and oxygen atoms in total. The average Bonchev–Trinajstić information content (AvgIpc) is 2.47. The van der Waals surface area contributed by atoms with Crippen LogP contribution in [0.2, 0.25) is 0 Å². The smallest absolute Gasteiger partial charge is 0.390 e. The largest absolute Gasteiger partial charge is 0.457 e. The Kier molecular flexibility index (Phi) is 2.64. The molecular weight excluding hydrogens is 212 g/mol. The van der Waals surface area contributed by atoms with Gasteiger partial charge in [0.15, 0.2) is 11.7 Å². The number of nitrogens with zero attached hydrogens (tertiary/aromatic N) is 5. The van der Waals surface area contributed by atoms with Gasteiger partial charge >= 0.3 is 11.6 Å². The Labute approximate surface area is 81.2 Å². The van der Waals surface area contributed by atoms with Gasteiger partial charge in [-0.2, -0.15) is 4.98 Å². The number of rotatable bonds is 4. The third-order valence-corrected chi connectivity index (χ3v) is 1.46. The summed E-state index contributed by atoms with van der Waals surface area (Å²) in [6.07, 6.45) is 0. The number of hydrogen-bond acceptors (Lipinski definition) is 6. The Morgan fingerprint density at radius 1 is 1.53 bits per heavy atom. The lowest BCUT2D eigenvalue weighted by molar-refractivity contribution is -0.656. The molecule has 11 heteroatoms. The lowest BCUT2D eigenvalue weighted by atomic mass is 10.9. The van der Waals surface area contributed by atoms with E-state index >= 15 is 0 Å². The van der Waals surface area contributed by atoms with E-state index in [-0.39, 0.29) is 0 Å². The molecule has 0 saturated heterocycles. The van der Waals surface area contributed by atoms with Crippen molar-refractivity contribution in [2.75, 3.05) is 7.05 Å². The summed E-state index contributed by atoms with van der Waals surface area (Å²) < 4.78 is 0.584. The highest BCUT2D eigenvalue weighted by Crippen LogP contribution is 1.96. The Morgan fingerprint density at radius 3 is 2.53 bits per heavy atom. The van der Waals surface area contributed by atoms with Gasteiger partial charge in [-0.05, 0) is 4.92 Å². The average molecular weight is 218 g/mol. The zero-order valence-corrected chi connectivity index (χ0v) is 7.48. The number of nitro groups is 2. The van der Waals surface area contributed by atoms with E-state index in [1.54, 1.807) is 0 Å². The van der Waals surface area contributed by atoms with E-state index in [0.29, 0.717) is 9.69 Å². The summed E-state index contributed by atoms with van der Waals surface area (Å²) in [5.74, 6) is -0.753. The molecule has 1 heterocycles. The van der Waals surface area contributed by atoms with Crippen LogP contribution in [0.1, 0.15) is 0 Å². The Balaban J connectivity index is 2.91. The van der Waals surface area contributed by atoms with Gasteiger partial charge in [-0.1, -0.05) is 0 Å². The lowest BCUT2D eigenvalue weighted by Crippen LogP contribution is -2.32. The van der Waals surface area contributed by atoms with E-state index in [1.807, 2.05) is 4.98 Å². The first-order valence-electron chi connectivity index (χ1n) is 3.58. The Hall–Kier alpha value is -2.46. The van der Waals surface area contributed by atoms with E-state index in [1.165, 1.54) is 0 Å². The van der Waals surface area contributed by atoms with Crippen LogP contribution in [0.4, 0.5) is 5.95 Å². The number of hydrazine groups is 1. The molecule has 0 saturated carbocycles. The standard InChI is InChI=1S/C4H6N6O5/c1-7(10(14)15)2-8-4(11)5-3(6-8)9(12)13/h2H2,1H3,(H,5,6,11). The third kappa shape index (κ3) is 2.26. The minimum atomic E-state index is -0.899. The summed E-state index contributed by atoms with van der Waals surface area (Å²) in [5.41, 5.74) is -0.879.